The van der Waals surface area contributed by atoms with E-state index in [1.807, 2.05) is 35.7 Å². The van der Waals surface area contributed by atoms with Gasteiger partial charge in [0.1, 0.15) is 6.04 Å². The zero-order valence-electron chi connectivity index (χ0n) is 10.8. The Morgan fingerprint density at radius 3 is 2.90 bits per heavy atom. The fourth-order valence-electron chi connectivity index (χ4n) is 2.35. The smallest absolute Gasteiger partial charge is 0.248 e. The number of nitrogens with zero attached hydrogens (tertiary/aromatic N) is 4. The average Bonchev–Trinajstić information content (AvgIpc) is 3.18. The van der Waals surface area contributed by atoms with Crippen molar-refractivity contribution in [3.63, 3.8) is 0 Å². The minimum atomic E-state index is -0.0254. The van der Waals surface area contributed by atoms with E-state index in [9.17, 15) is 0 Å². The maximum atomic E-state index is 6.29. The second-order valence-corrected chi connectivity index (χ2v) is 5.98. The van der Waals surface area contributed by atoms with Crippen molar-refractivity contribution >= 4 is 34.6 Å². The molecule has 5 nitrogen and oxygen atoms in total. The van der Waals surface area contributed by atoms with E-state index in [4.69, 9.17) is 11.6 Å². The van der Waals surface area contributed by atoms with Gasteiger partial charge in [-0.2, -0.15) is 4.68 Å². The number of tetrazole rings is 1. The molecule has 0 saturated carbocycles. The van der Waals surface area contributed by atoms with E-state index >= 15 is 0 Å². The van der Waals surface area contributed by atoms with Crippen molar-refractivity contribution in [1.29, 1.82) is 0 Å². The normalized spacial score (nSPS) is 17.0. The van der Waals surface area contributed by atoms with Crippen LogP contribution < -0.4 is 5.32 Å². The monoisotopic (exact) mass is 315 g/mol. The first-order chi connectivity index (χ1) is 10.3. The number of thiophene rings is 1. The summed E-state index contributed by atoms with van der Waals surface area (Å²) in [6.07, 6.45) is 2.09. The van der Waals surface area contributed by atoms with Crippen LogP contribution in [0.4, 0.5) is 5.95 Å². The highest BCUT2D eigenvalue weighted by Gasteiger charge is 2.25. The molecule has 1 N–H and O–H groups in total. The second kappa shape index (κ2) is 4.98. The van der Waals surface area contributed by atoms with Crippen molar-refractivity contribution in [2.24, 2.45) is 0 Å². The van der Waals surface area contributed by atoms with Gasteiger partial charge in [-0.15, -0.1) is 11.3 Å². The highest BCUT2D eigenvalue weighted by molar-refractivity contribution is 7.10. The van der Waals surface area contributed by atoms with Gasteiger partial charge in [0.2, 0.25) is 5.95 Å². The first kappa shape index (κ1) is 12.6. The Morgan fingerprint density at radius 2 is 2.10 bits per heavy atom. The molecule has 0 spiro atoms. The van der Waals surface area contributed by atoms with Crippen molar-refractivity contribution in [3.8, 4) is 0 Å². The number of rotatable bonds is 2. The van der Waals surface area contributed by atoms with Gasteiger partial charge in [0.25, 0.3) is 0 Å². The van der Waals surface area contributed by atoms with Crippen LogP contribution in [-0.4, -0.2) is 20.2 Å². The third kappa shape index (κ3) is 2.12. The molecule has 1 aromatic carbocycles. The maximum Gasteiger partial charge on any atom is 0.248 e. The molecule has 2 aromatic heterocycles. The summed E-state index contributed by atoms with van der Waals surface area (Å²) in [5.41, 5.74) is 1.86. The van der Waals surface area contributed by atoms with Crippen LogP contribution in [-0.2, 0) is 0 Å². The number of fused-ring (bicyclic) bond motifs is 1. The summed E-state index contributed by atoms with van der Waals surface area (Å²) >= 11 is 7.97. The van der Waals surface area contributed by atoms with E-state index in [0.29, 0.717) is 11.0 Å². The van der Waals surface area contributed by atoms with Gasteiger partial charge in [-0.3, -0.25) is 0 Å². The van der Waals surface area contributed by atoms with Gasteiger partial charge >= 0.3 is 0 Å². The van der Waals surface area contributed by atoms with Crippen molar-refractivity contribution in [3.05, 3.63) is 63.3 Å². The molecule has 1 atom stereocenters. The summed E-state index contributed by atoms with van der Waals surface area (Å²) in [5, 5.41) is 17.8. The molecule has 0 bridgehead atoms. The molecule has 1 aliphatic rings. The van der Waals surface area contributed by atoms with Gasteiger partial charge < -0.3 is 5.32 Å². The summed E-state index contributed by atoms with van der Waals surface area (Å²) in [6.45, 7) is 0. The number of nitrogens with one attached hydrogen (secondary N) is 1. The lowest BCUT2D eigenvalue weighted by atomic mass is 10.1. The van der Waals surface area contributed by atoms with Crippen molar-refractivity contribution < 1.29 is 0 Å². The molecular weight excluding hydrogens is 306 g/mol. The molecule has 3 aromatic rings. The van der Waals surface area contributed by atoms with Crippen molar-refractivity contribution in [1.82, 2.24) is 20.2 Å². The molecule has 1 aliphatic heterocycles. The minimum absolute atomic E-state index is 0.0254. The third-order valence-corrected chi connectivity index (χ3v) is 4.60. The predicted molar refractivity (Wildman–Crippen MR) is 83.3 cm³/mol. The van der Waals surface area contributed by atoms with E-state index in [1.165, 1.54) is 4.88 Å². The highest BCUT2D eigenvalue weighted by Crippen LogP contribution is 2.35. The van der Waals surface area contributed by atoms with E-state index in [-0.39, 0.29) is 6.04 Å². The molecule has 3 heterocycles. The number of halogens is 1. The quantitative estimate of drug-likeness (QED) is 0.787. The summed E-state index contributed by atoms with van der Waals surface area (Å²) in [7, 11) is 0. The Balaban J connectivity index is 1.85. The molecule has 1 unspecified atom stereocenters. The molecule has 7 heteroatoms. The first-order valence-electron chi connectivity index (χ1n) is 6.38. The maximum absolute atomic E-state index is 6.29. The molecular formula is C14H10ClN5S. The average molecular weight is 316 g/mol. The van der Waals surface area contributed by atoms with E-state index in [0.717, 1.165) is 11.3 Å². The number of hydrogen-bond acceptors (Lipinski definition) is 5. The standard InChI is InChI=1S/C14H10ClN5S/c15-10-5-2-1-4-9(10)11-8-12(13-6-3-7-21-13)20-14(16-11)17-18-19-20/h1-8,12H,(H,16,17,19). The van der Waals surface area contributed by atoms with Crippen LogP contribution in [0.25, 0.3) is 5.70 Å². The van der Waals surface area contributed by atoms with Crippen LogP contribution in [0.1, 0.15) is 16.5 Å². The Hall–Kier alpha value is -2.18. The topological polar surface area (TPSA) is 55.6 Å². The van der Waals surface area contributed by atoms with Crippen molar-refractivity contribution in [2.75, 3.05) is 5.32 Å². The highest BCUT2D eigenvalue weighted by atomic mass is 35.5. The minimum Gasteiger partial charge on any atom is -0.323 e. The lowest BCUT2D eigenvalue weighted by Crippen LogP contribution is -2.19. The van der Waals surface area contributed by atoms with Crippen LogP contribution in [0.5, 0.6) is 0 Å². The molecule has 104 valence electrons. The van der Waals surface area contributed by atoms with E-state index in [2.05, 4.69) is 33.0 Å². The molecule has 0 fully saturated rings. The molecule has 21 heavy (non-hydrogen) atoms. The fourth-order valence-corrected chi connectivity index (χ4v) is 3.37. The van der Waals surface area contributed by atoms with E-state index < -0.39 is 0 Å². The van der Waals surface area contributed by atoms with Gasteiger partial charge in [-0.1, -0.05) is 41.0 Å². The zero-order chi connectivity index (χ0) is 14.2. The molecule has 4 rings (SSSR count). The van der Waals surface area contributed by atoms with Gasteiger partial charge in [-0.05, 0) is 34.0 Å². The second-order valence-electron chi connectivity index (χ2n) is 4.59. The predicted octanol–water partition coefficient (Wildman–Crippen LogP) is 3.44. The molecule has 0 saturated heterocycles. The fraction of sp³-hybridized carbons (Fsp3) is 0.0714. The molecule has 0 aliphatic carbocycles. The SMILES string of the molecule is Clc1ccccc1C1=CC(c2cccs2)n2nnnc2N1. The Labute approximate surface area is 129 Å². The largest absolute Gasteiger partial charge is 0.323 e. The van der Waals surface area contributed by atoms with E-state index in [1.54, 1.807) is 16.0 Å². The van der Waals surface area contributed by atoms with Crippen LogP contribution in [0, 0.1) is 0 Å². The zero-order valence-corrected chi connectivity index (χ0v) is 12.3. The Bertz CT molecular complexity index is 808. The molecule has 0 amide bonds. The first-order valence-corrected chi connectivity index (χ1v) is 7.64. The summed E-state index contributed by atoms with van der Waals surface area (Å²) in [5.74, 6) is 0.616. The van der Waals surface area contributed by atoms with Gasteiger partial charge in [-0.25, -0.2) is 0 Å². The van der Waals surface area contributed by atoms with Gasteiger partial charge in [0.15, 0.2) is 0 Å². The van der Waals surface area contributed by atoms with Crippen LogP contribution in [0.3, 0.4) is 0 Å². The number of aromatic nitrogens is 4. The van der Waals surface area contributed by atoms with Crippen LogP contribution >= 0.6 is 22.9 Å². The summed E-state index contributed by atoms with van der Waals surface area (Å²) < 4.78 is 1.77. The molecule has 0 radical (unpaired) electrons. The lowest BCUT2D eigenvalue weighted by Gasteiger charge is -2.22. The van der Waals surface area contributed by atoms with Crippen LogP contribution in [0.2, 0.25) is 5.02 Å². The third-order valence-electron chi connectivity index (χ3n) is 3.33. The lowest BCUT2D eigenvalue weighted by molar-refractivity contribution is 0.593. The number of benzene rings is 1. The summed E-state index contributed by atoms with van der Waals surface area (Å²) in [4.78, 5) is 1.18. The number of hydrogen-bond donors (Lipinski definition) is 1. The van der Waals surface area contributed by atoms with Crippen LogP contribution in [0.15, 0.2) is 47.9 Å². The van der Waals surface area contributed by atoms with Gasteiger partial charge in [0.05, 0.1) is 0 Å². The summed E-state index contributed by atoms with van der Waals surface area (Å²) in [6, 6.07) is 11.8. The Morgan fingerprint density at radius 1 is 1.19 bits per heavy atom. The number of anilines is 1. The van der Waals surface area contributed by atoms with Crippen molar-refractivity contribution in [2.45, 2.75) is 6.04 Å². The number of allylic oxidation sites excluding steroid dienone is 1. The van der Waals surface area contributed by atoms with Gasteiger partial charge in [0, 0.05) is 21.2 Å². The Kier molecular flexibility index (Phi) is 2.98.